The summed E-state index contributed by atoms with van der Waals surface area (Å²) >= 11 is 0. The zero-order valence-electron chi connectivity index (χ0n) is 6.09. The van der Waals surface area contributed by atoms with Gasteiger partial charge in [0.15, 0.2) is 0 Å². The van der Waals surface area contributed by atoms with Crippen LogP contribution in [-0.4, -0.2) is 25.4 Å². The molecular weight excluding hydrogens is 116 g/mol. The molecule has 0 aromatic carbocycles. The van der Waals surface area contributed by atoms with Gasteiger partial charge in [0.05, 0.1) is 12.2 Å². The van der Waals surface area contributed by atoms with Gasteiger partial charge in [0, 0.05) is 19.6 Å². The molecule has 1 aliphatic rings. The van der Waals surface area contributed by atoms with Gasteiger partial charge in [-0.15, -0.1) is 0 Å². The summed E-state index contributed by atoms with van der Waals surface area (Å²) in [7, 11) is 0. The second kappa shape index (κ2) is 3.18. The third-order valence-corrected chi connectivity index (χ3v) is 1.44. The van der Waals surface area contributed by atoms with E-state index in [1.165, 1.54) is 0 Å². The highest BCUT2D eigenvalue weighted by Crippen LogP contribution is 2.28. The van der Waals surface area contributed by atoms with E-state index in [9.17, 15) is 0 Å². The predicted octanol–water partition coefficient (Wildman–Crippen LogP) is 1.20. The molecule has 0 unspecified atom stereocenters. The molecule has 0 spiro atoms. The van der Waals surface area contributed by atoms with E-state index in [4.69, 9.17) is 9.47 Å². The zero-order chi connectivity index (χ0) is 6.69. The molecule has 0 amide bonds. The molecular formula is C7H14O2. The van der Waals surface area contributed by atoms with Crippen LogP contribution in [0.4, 0.5) is 0 Å². The van der Waals surface area contributed by atoms with E-state index in [0.29, 0.717) is 12.2 Å². The number of hydrogen-bond acceptors (Lipinski definition) is 2. The van der Waals surface area contributed by atoms with Gasteiger partial charge in [-0.3, -0.25) is 0 Å². The van der Waals surface area contributed by atoms with Crippen LogP contribution in [0.25, 0.3) is 0 Å². The van der Waals surface area contributed by atoms with Crippen molar-refractivity contribution in [2.75, 3.05) is 13.2 Å². The summed E-state index contributed by atoms with van der Waals surface area (Å²) in [5.74, 6) is 0. The highest BCUT2D eigenvalue weighted by Gasteiger charge is 2.38. The summed E-state index contributed by atoms with van der Waals surface area (Å²) in [4.78, 5) is 0. The third kappa shape index (κ3) is 1.95. The van der Waals surface area contributed by atoms with E-state index in [2.05, 4.69) is 0 Å². The molecule has 1 aliphatic carbocycles. The van der Waals surface area contributed by atoms with Crippen LogP contribution in [0.1, 0.15) is 20.3 Å². The molecule has 0 heterocycles. The first-order valence-electron chi connectivity index (χ1n) is 3.61. The van der Waals surface area contributed by atoms with E-state index in [1.807, 2.05) is 13.8 Å². The molecule has 1 saturated carbocycles. The number of hydrogen-bond donors (Lipinski definition) is 0. The SMILES string of the molecule is CCO[C@H]1C[C@H]1OCC. The van der Waals surface area contributed by atoms with E-state index < -0.39 is 0 Å². The highest BCUT2D eigenvalue weighted by molar-refractivity contribution is 4.88. The predicted molar refractivity (Wildman–Crippen MR) is 35.4 cm³/mol. The van der Waals surface area contributed by atoms with Gasteiger partial charge >= 0.3 is 0 Å². The Morgan fingerprint density at radius 3 is 1.89 bits per heavy atom. The van der Waals surface area contributed by atoms with E-state index in [-0.39, 0.29) is 0 Å². The Balaban J connectivity index is 1.96. The fraction of sp³-hybridized carbons (Fsp3) is 1.00. The van der Waals surface area contributed by atoms with Crippen molar-refractivity contribution in [1.82, 2.24) is 0 Å². The Kier molecular flexibility index (Phi) is 2.49. The van der Waals surface area contributed by atoms with Gasteiger partial charge < -0.3 is 9.47 Å². The van der Waals surface area contributed by atoms with Gasteiger partial charge in [0.2, 0.25) is 0 Å². The summed E-state index contributed by atoms with van der Waals surface area (Å²) in [5, 5.41) is 0. The molecule has 54 valence electrons. The fourth-order valence-electron chi connectivity index (χ4n) is 0.929. The second-order valence-electron chi connectivity index (χ2n) is 2.22. The maximum absolute atomic E-state index is 5.29. The Bertz CT molecular complexity index is 73.0. The van der Waals surface area contributed by atoms with Crippen LogP contribution in [0.15, 0.2) is 0 Å². The summed E-state index contributed by atoms with van der Waals surface area (Å²) in [6.45, 7) is 5.66. The smallest absolute Gasteiger partial charge is 0.0863 e. The maximum Gasteiger partial charge on any atom is 0.0863 e. The van der Waals surface area contributed by atoms with Crippen LogP contribution >= 0.6 is 0 Å². The summed E-state index contributed by atoms with van der Waals surface area (Å²) in [5.41, 5.74) is 0. The highest BCUT2D eigenvalue weighted by atomic mass is 16.6. The standard InChI is InChI=1S/C7H14O2/c1-3-8-6-5-7(6)9-4-2/h6-7H,3-5H2,1-2H3/t6-,7+. The fourth-order valence-corrected chi connectivity index (χ4v) is 0.929. The first-order valence-corrected chi connectivity index (χ1v) is 3.61. The van der Waals surface area contributed by atoms with Gasteiger partial charge in [-0.2, -0.15) is 0 Å². The first kappa shape index (κ1) is 7.03. The molecule has 2 atom stereocenters. The molecule has 0 N–H and O–H groups in total. The van der Waals surface area contributed by atoms with Crippen LogP contribution in [0.3, 0.4) is 0 Å². The molecule has 0 aromatic rings. The van der Waals surface area contributed by atoms with E-state index in [1.54, 1.807) is 0 Å². The van der Waals surface area contributed by atoms with Crippen molar-refractivity contribution >= 4 is 0 Å². The topological polar surface area (TPSA) is 18.5 Å². The van der Waals surface area contributed by atoms with Crippen molar-refractivity contribution in [1.29, 1.82) is 0 Å². The molecule has 2 heteroatoms. The Hall–Kier alpha value is -0.0800. The monoisotopic (exact) mass is 130 g/mol. The third-order valence-electron chi connectivity index (χ3n) is 1.44. The van der Waals surface area contributed by atoms with Crippen molar-refractivity contribution < 1.29 is 9.47 Å². The Labute approximate surface area is 56.2 Å². The molecule has 0 saturated heterocycles. The van der Waals surface area contributed by atoms with Crippen molar-refractivity contribution in [2.24, 2.45) is 0 Å². The summed E-state index contributed by atoms with van der Waals surface area (Å²) in [6.07, 6.45) is 1.92. The number of ether oxygens (including phenoxy) is 2. The minimum absolute atomic E-state index is 0.412. The minimum Gasteiger partial charge on any atom is -0.376 e. The van der Waals surface area contributed by atoms with E-state index >= 15 is 0 Å². The lowest BCUT2D eigenvalue weighted by Gasteiger charge is -1.98. The number of rotatable bonds is 4. The minimum atomic E-state index is 0.412. The average molecular weight is 130 g/mol. The first-order chi connectivity index (χ1) is 4.38. The molecule has 0 aliphatic heterocycles. The largest absolute Gasteiger partial charge is 0.376 e. The molecule has 9 heavy (non-hydrogen) atoms. The Morgan fingerprint density at radius 2 is 1.56 bits per heavy atom. The van der Waals surface area contributed by atoms with E-state index in [0.717, 1.165) is 19.6 Å². The lowest BCUT2D eigenvalue weighted by molar-refractivity contribution is 0.0535. The second-order valence-corrected chi connectivity index (χ2v) is 2.22. The van der Waals surface area contributed by atoms with Crippen LogP contribution in [0, 0.1) is 0 Å². The molecule has 1 fully saturated rings. The molecule has 0 bridgehead atoms. The summed E-state index contributed by atoms with van der Waals surface area (Å²) in [6, 6.07) is 0. The maximum atomic E-state index is 5.29. The normalized spacial score (nSPS) is 32.7. The van der Waals surface area contributed by atoms with Crippen molar-refractivity contribution in [3.63, 3.8) is 0 Å². The average Bonchev–Trinajstić information content (AvgIpc) is 2.50. The van der Waals surface area contributed by atoms with Gasteiger partial charge in [0.25, 0.3) is 0 Å². The van der Waals surface area contributed by atoms with Crippen LogP contribution in [0.5, 0.6) is 0 Å². The molecule has 0 aromatic heterocycles. The van der Waals surface area contributed by atoms with Gasteiger partial charge in [-0.05, 0) is 13.8 Å². The molecule has 2 nitrogen and oxygen atoms in total. The lowest BCUT2D eigenvalue weighted by Crippen LogP contribution is -2.02. The van der Waals surface area contributed by atoms with Crippen LogP contribution in [0.2, 0.25) is 0 Å². The van der Waals surface area contributed by atoms with Crippen LogP contribution in [-0.2, 0) is 9.47 Å². The lowest BCUT2D eigenvalue weighted by atomic mass is 10.7. The van der Waals surface area contributed by atoms with Crippen molar-refractivity contribution in [2.45, 2.75) is 32.5 Å². The quantitative estimate of drug-likeness (QED) is 0.569. The zero-order valence-corrected chi connectivity index (χ0v) is 6.09. The van der Waals surface area contributed by atoms with Gasteiger partial charge in [-0.1, -0.05) is 0 Å². The van der Waals surface area contributed by atoms with Crippen LogP contribution < -0.4 is 0 Å². The van der Waals surface area contributed by atoms with Gasteiger partial charge in [-0.25, -0.2) is 0 Å². The molecule has 0 radical (unpaired) electrons. The van der Waals surface area contributed by atoms with Crippen molar-refractivity contribution in [3.05, 3.63) is 0 Å². The Morgan fingerprint density at radius 1 is 1.11 bits per heavy atom. The van der Waals surface area contributed by atoms with Gasteiger partial charge in [0.1, 0.15) is 0 Å². The van der Waals surface area contributed by atoms with Crippen molar-refractivity contribution in [3.8, 4) is 0 Å². The summed E-state index contributed by atoms with van der Waals surface area (Å²) < 4.78 is 10.6. The molecule has 1 rings (SSSR count).